The molecule has 334 valence electrons. The van der Waals surface area contributed by atoms with Gasteiger partial charge in [0.2, 0.25) is 0 Å². The fourth-order valence-corrected chi connectivity index (χ4v) is 8.40. The van der Waals surface area contributed by atoms with Crippen LogP contribution >= 0.6 is 11.8 Å². The zero-order valence-electron chi connectivity index (χ0n) is 36.2. The highest BCUT2D eigenvalue weighted by molar-refractivity contribution is 8.14. The number of anilines is 1. The van der Waals surface area contributed by atoms with Crippen LogP contribution in [0.25, 0.3) is 0 Å². The van der Waals surface area contributed by atoms with E-state index in [4.69, 9.17) is 9.47 Å². The van der Waals surface area contributed by atoms with Gasteiger partial charge in [0, 0.05) is 20.4 Å². The average Bonchev–Trinajstić information content (AvgIpc) is 3.57. The Balaban J connectivity index is 1.52. The number of carbonyl (C=O) groups excluding carboxylic acids is 8. The first-order valence-corrected chi connectivity index (χ1v) is 21.7. The number of carbonyl (C=O) groups is 8. The number of thioether (sulfide) groups is 1. The Bertz CT molecular complexity index is 2540. The number of ketones is 1. The van der Waals surface area contributed by atoms with E-state index in [9.17, 15) is 24.0 Å². The van der Waals surface area contributed by atoms with Gasteiger partial charge in [0.05, 0.1) is 22.9 Å². The lowest BCUT2D eigenvalue weighted by Crippen LogP contribution is -2.71. The largest absolute Gasteiger partial charge is 0.445 e. The number of Topliss-reactive ketones (excluding diaryl/α,β-unsaturated/α-hetero) is 1. The van der Waals surface area contributed by atoms with Crippen molar-refractivity contribution < 1.29 is 47.8 Å². The third-order valence-corrected chi connectivity index (χ3v) is 11.6. The lowest BCUT2D eigenvalue weighted by atomic mass is 9.78. The third-order valence-electron chi connectivity index (χ3n) is 10.6. The number of alkyl carbamates (subject to hydrolysis) is 1. The highest BCUT2D eigenvalue weighted by Gasteiger charge is 2.59. The summed E-state index contributed by atoms with van der Waals surface area (Å²) in [5.74, 6) is -4.90. The number of nitrogens with zero attached hydrogens (tertiary/aromatic N) is 2. The molecule has 15 heteroatoms. The number of likely N-dealkylation sites (N-methyl/N-ethyl adjacent to an activating group) is 1. The maximum Gasteiger partial charge on any atom is 0.418 e. The highest BCUT2D eigenvalue weighted by atomic mass is 32.2. The van der Waals surface area contributed by atoms with Crippen LogP contribution in [-0.2, 0) is 48.3 Å². The van der Waals surface area contributed by atoms with E-state index in [2.05, 4.69) is 10.6 Å². The molecule has 3 atom stereocenters. The monoisotopic (exact) mass is 896 g/mol. The molecule has 0 bridgehead atoms. The maximum absolute atomic E-state index is 15.7. The molecule has 1 heterocycles. The number of amides is 6. The highest BCUT2D eigenvalue weighted by Crippen LogP contribution is 2.39. The van der Waals surface area contributed by atoms with Gasteiger partial charge in [0.25, 0.3) is 23.6 Å². The van der Waals surface area contributed by atoms with Crippen molar-refractivity contribution in [2.24, 2.45) is 5.92 Å². The second kappa shape index (κ2) is 21.3. The summed E-state index contributed by atoms with van der Waals surface area (Å²) in [7, 11) is 1.24. The molecule has 5 aromatic rings. The first-order chi connectivity index (χ1) is 31.2. The van der Waals surface area contributed by atoms with Gasteiger partial charge >= 0.3 is 12.2 Å². The molecule has 1 unspecified atom stereocenters. The number of ether oxygens (including phenoxy) is 2. The summed E-state index contributed by atoms with van der Waals surface area (Å²) in [6, 6.07) is 36.1. The van der Waals surface area contributed by atoms with Crippen molar-refractivity contribution in [1.29, 1.82) is 0 Å². The van der Waals surface area contributed by atoms with Gasteiger partial charge in [0.1, 0.15) is 18.5 Å². The quantitative estimate of drug-likeness (QED) is 0.0692. The van der Waals surface area contributed by atoms with Gasteiger partial charge < -0.3 is 20.1 Å². The van der Waals surface area contributed by atoms with Crippen LogP contribution in [0.2, 0.25) is 0 Å². The van der Waals surface area contributed by atoms with Crippen LogP contribution in [-0.4, -0.2) is 70.2 Å². The molecular weight excluding hydrogens is 849 g/mol. The molecule has 5 aromatic carbocycles. The van der Waals surface area contributed by atoms with Gasteiger partial charge in [0.15, 0.2) is 16.4 Å². The topological polar surface area (TPSA) is 186 Å². The van der Waals surface area contributed by atoms with Crippen molar-refractivity contribution in [2.75, 3.05) is 11.9 Å². The van der Waals surface area contributed by atoms with Gasteiger partial charge in [-0.25, -0.2) is 19.4 Å². The van der Waals surface area contributed by atoms with Gasteiger partial charge in [-0.1, -0.05) is 141 Å². The first-order valence-electron chi connectivity index (χ1n) is 20.8. The Morgan fingerprint density at radius 1 is 0.692 bits per heavy atom. The van der Waals surface area contributed by atoms with Gasteiger partial charge in [-0.15, -0.1) is 0 Å². The molecule has 1 aliphatic rings. The van der Waals surface area contributed by atoms with Crippen molar-refractivity contribution in [1.82, 2.24) is 15.5 Å². The Morgan fingerprint density at radius 3 is 1.74 bits per heavy atom. The summed E-state index contributed by atoms with van der Waals surface area (Å²) in [4.78, 5) is 117. The summed E-state index contributed by atoms with van der Waals surface area (Å²) in [5, 5.41) is 2.86. The zero-order chi connectivity index (χ0) is 46.7. The smallest absolute Gasteiger partial charge is 0.418 e. The Hall–Kier alpha value is -7.39. The molecular formula is C50H48N4O10S. The lowest BCUT2D eigenvalue weighted by molar-refractivity contribution is -0.154. The predicted molar refractivity (Wildman–Crippen MR) is 243 cm³/mol. The number of fused-ring (bicyclic) bond motifs is 1. The first kappa shape index (κ1) is 47.1. The fraction of sp³-hybridized carbons (Fsp3) is 0.240. The van der Waals surface area contributed by atoms with Crippen molar-refractivity contribution >= 4 is 64.2 Å². The van der Waals surface area contributed by atoms with E-state index in [1.165, 1.54) is 50.4 Å². The minimum absolute atomic E-state index is 0.0458. The van der Waals surface area contributed by atoms with E-state index in [-0.39, 0.29) is 41.3 Å². The van der Waals surface area contributed by atoms with Gasteiger partial charge in [-0.3, -0.25) is 28.8 Å². The molecule has 14 nitrogen and oxygen atoms in total. The second-order valence-corrected chi connectivity index (χ2v) is 16.9. The van der Waals surface area contributed by atoms with Gasteiger partial charge in [-0.05, 0) is 58.9 Å². The van der Waals surface area contributed by atoms with E-state index in [0.29, 0.717) is 33.4 Å². The summed E-state index contributed by atoms with van der Waals surface area (Å²) in [6.07, 6.45) is -3.08. The lowest BCUT2D eigenvalue weighted by Gasteiger charge is -2.42. The van der Waals surface area contributed by atoms with Crippen LogP contribution in [0, 0.1) is 5.92 Å². The Kier molecular flexibility index (Phi) is 15.5. The van der Waals surface area contributed by atoms with Crippen molar-refractivity contribution in [2.45, 2.75) is 63.7 Å². The SMILES string of the molecule is CNC(=O)[C@@](Cc1ccccc1)(C(=O)[C@H](CC(C)C)NC(=O)OCc1ccccc1)N(C(=O)OCc1ccccc1)C(=O)C(SC(C)=O)c1cccc(N2C(=O)c3ccccc3C2=O)c1. The van der Waals surface area contributed by atoms with E-state index in [0.717, 1.165) is 4.90 Å². The van der Waals surface area contributed by atoms with Crippen molar-refractivity contribution in [3.05, 3.63) is 173 Å². The summed E-state index contributed by atoms with van der Waals surface area (Å²) in [6.45, 7) is 4.22. The zero-order valence-corrected chi connectivity index (χ0v) is 37.0. The molecule has 0 fully saturated rings. The third kappa shape index (κ3) is 10.9. The number of benzene rings is 5. The van der Waals surface area contributed by atoms with E-state index < -0.39 is 76.6 Å². The molecule has 0 aliphatic carbocycles. The van der Waals surface area contributed by atoms with Crippen LogP contribution in [0.5, 0.6) is 0 Å². The molecule has 0 aromatic heterocycles. The molecule has 6 rings (SSSR count). The number of rotatable bonds is 17. The molecule has 65 heavy (non-hydrogen) atoms. The summed E-state index contributed by atoms with van der Waals surface area (Å²) >= 11 is 0.490. The van der Waals surface area contributed by atoms with Crippen LogP contribution in [0.1, 0.15) is 75.4 Å². The van der Waals surface area contributed by atoms with Gasteiger partial charge in [-0.2, -0.15) is 0 Å². The van der Waals surface area contributed by atoms with Crippen LogP contribution in [0.15, 0.2) is 140 Å². The fourth-order valence-electron chi connectivity index (χ4n) is 7.58. The van der Waals surface area contributed by atoms with Crippen LogP contribution in [0.3, 0.4) is 0 Å². The number of nitrogens with one attached hydrogen (secondary N) is 2. The minimum atomic E-state index is -2.80. The number of imide groups is 2. The van der Waals surface area contributed by atoms with E-state index >= 15 is 14.4 Å². The van der Waals surface area contributed by atoms with E-state index in [1.807, 2.05) is 0 Å². The number of hydrogen-bond acceptors (Lipinski definition) is 11. The van der Waals surface area contributed by atoms with Crippen LogP contribution in [0.4, 0.5) is 15.3 Å². The maximum atomic E-state index is 15.7. The Labute approximate surface area is 380 Å². The summed E-state index contributed by atoms with van der Waals surface area (Å²) in [5.41, 5.74) is -0.839. The molecule has 2 N–H and O–H groups in total. The normalized spacial score (nSPS) is 13.8. The van der Waals surface area contributed by atoms with Crippen molar-refractivity contribution in [3.8, 4) is 0 Å². The van der Waals surface area contributed by atoms with E-state index in [1.54, 1.807) is 117 Å². The predicted octanol–water partition coefficient (Wildman–Crippen LogP) is 7.61. The molecule has 0 radical (unpaired) electrons. The van der Waals surface area contributed by atoms with Crippen LogP contribution < -0.4 is 15.5 Å². The summed E-state index contributed by atoms with van der Waals surface area (Å²) < 4.78 is 11.3. The molecule has 0 saturated carbocycles. The minimum Gasteiger partial charge on any atom is -0.445 e. The molecule has 1 aliphatic heterocycles. The van der Waals surface area contributed by atoms with Crippen molar-refractivity contribution in [3.63, 3.8) is 0 Å². The molecule has 0 saturated heterocycles. The number of hydrogen-bond donors (Lipinski definition) is 2. The second-order valence-electron chi connectivity index (χ2n) is 15.6. The molecule has 6 amide bonds. The average molecular weight is 897 g/mol. The molecule has 0 spiro atoms. The standard InChI is InChI=1S/C50H48N4O10S/c1-32(2)27-41(52-48(61)63-30-35-19-10-6-11-20-35)43(56)50(47(60)51-4,29-34-17-8-5-9-18-34)54(49(62)64-31-36-21-12-7-13-22-36)46(59)42(65-33(3)55)37-23-16-24-38(28-37)53-44(57)39-25-14-15-26-40(39)45(53)58/h5-26,28,32,41-42H,27,29-31H2,1-4H3,(H,51,60)(H,52,61)/t41-,42?,50+/m0/s1. The Morgan fingerprint density at radius 2 is 1.22 bits per heavy atom.